The summed E-state index contributed by atoms with van der Waals surface area (Å²) in [5.74, 6) is 1.13. The van der Waals surface area contributed by atoms with Gasteiger partial charge in [0.25, 0.3) is 0 Å². The van der Waals surface area contributed by atoms with Gasteiger partial charge in [-0.2, -0.15) is 0 Å². The third kappa shape index (κ3) is 8.15. The molecule has 0 aliphatic heterocycles. The van der Waals surface area contributed by atoms with Crippen molar-refractivity contribution in [3.63, 3.8) is 0 Å². The van der Waals surface area contributed by atoms with Gasteiger partial charge in [-0.15, -0.1) is 0 Å². The van der Waals surface area contributed by atoms with E-state index in [0.29, 0.717) is 13.0 Å². The van der Waals surface area contributed by atoms with Crippen LogP contribution in [0.25, 0.3) is 0 Å². The zero-order valence-electron chi connectivity index (χ0n) is 16.0. The van der Waals surface area contributed by atoms with Crippen LogP contribution in [0.5, 0.6) is 5.75 Å². The van der Waals surface area contributed by atoms with Crippen molar-refractivity contribution >= 4 is 5.78 Å². The van der Waals surface area contributed by atoms with Crippen LogP contribution in [0.3, 0.4) is 0 Å². The second-order valence-electron chi connectivity index (χ2n) is 6.87. The minimum absolute atomic E-state index is 0.233. The van der Waals surface area contributed by atoms with Crippen molar-refractivity contribution in [3.8, 4) is 5.75 Å². The van der Waals surface area contributed by atoms with E-state index < -0.39 is 0 Å². The van der Waals surface area contributed by atoms with Gasteiger partial charge >= 0.3 is 0 Å². The lowest BCUT2D eigenvalue weighted by molar-refractivity contribution is -0.116. The number of hydrogen-bond acceptors (Lipinski definition) is 2. The Kier molecular flexibility index (Phi) is 8.68. The summed E-state index contributed by atoms with van der Waals surface area (Å²) in [4.78, 5) is 11.0. The van der Waals surface area contributed by atoms with Crippen LogP contribution in [-0.4, -0.2) is 12.4 Å². The molecule has 0 amide bonds. The van der Waals surface area contributed by atoms with Gasteiger partial charge in [-0.1, -0.05) is 54.1 Å². The Hall–Kier alpha value is -2.35. The van der Waals surface area contributed by atoms with Gasteiger partial charge in [0.2, 0.25) is 0 Å². The summed E-state index contributed by atoms with van der Waals surface area (Å²) in [7, 11) is 0. The van der Waals surface area contributed by atoms with Crippen LogP contribution >= 0.6 is 0 Å². The van der Waals surface area contributed by atoms with Gasteiger partial charge in [0.05, 0.1) is 6.61 Å². The predicted molar refractivity (Wildman–Crippen MR) is 109 cm³/mol. The van der Waals surface area contributed by atoms with E-state index in [1.807, 2.05) is 24.3 Å². The molecular formula is C24H30O2. The quantitative estimate of drug-likeness (QED) is 0.370. The maximum atomic E-state index is 11.0. The van der Waals surface area contributed by atoms with E-state index in [1.165, 1.54) is 23.1 Å². The Bertz CT molecular complexity index is 684. The zero-order valence-corrected chi connectivity index (χ0v) is 16.0. The van der Waals surface area contributed by atoms with E-state index in [0.717, 1.165) is 31.4 Å². The molecule has 0 heterocycles. The van der Waals surface area contributed by atoms with Crippen molar-refractivity contribution in [2.24, 2.45) is 0 Å². The van der Waals surface area contributed by atoms with Crippen LogP contribution in [0.2, 0.25) is 0 Å². The predicted octanol–water partition coefficient (Wildman–Crippen LogP) is 5.95. The molecular weight excluding hydrogens is 320 g/mol. The van der Waals surface area contributed by atoms with Gasteiger partial charge in [-0.05, 0) is 69.2 Å². The molecule has 0 saturated heterocycles. The first kappa shape index (κ1) is 20.0. The van der Waals surface area contributed by atoms with Gasteiger partial charge < -0.3 is 9.53 Å². The minimum Gasteiger partial charge on any atom is -0.493 e. The largest absolute Gasteiger partial charge is 0.493 e. The van der Waals surface area contributed by atoms with Crippen molar-refractivity contribution in [2.45, 2.75) is 52.4 Å². The molecule has 0 aliphatic carbocycles. The molecule has 0 atom stereocenters. The normalized spacial score (nSPS) is 11.4. The lowest BCUT2D eigenvalue weighted by Crippen LogP contribution is -1.97. The van der Waals surface area contributed by atoms with E-state index in [1.54, 1.807) is 6.92 Å². The highest BCUT2D eigenvalue weighted by atomic mass is 16.5. The molecule has 2 aromatic carbocycles. The molecule has 0 unspecified atom stereocenters. The van der Waals surface area contributed by atoms with Crippen LogP contribution in [-0.2, 0) is 17.6 Å². The summed E-state index contributed by atoms with van der Waals surface area (Å²) in [6.45, 7) is 4.53. The summed E-state index contributed by atoms with van der Waals surface area (Å²) in [6.07, 6.45) is 8.09. The number of ether oxygens (including phenoxy) is 1. The highest BCUT2D eigenvalue weighted by molar-refractivity contribution is 5.75. The standard InChI is InChI=1S/C24H30O2/c1-20(8-6-12-22-10-4-3-5-11-22)9-7-19-26-24-17-15-23(16-18-24)14-13-21(2)25/h3-5,9-11,15-18H,6-8,12-14,19H2,1-2H3. The molecule has 0 radical (unpaired) electrons. The lowest BCUT2D eigenvalue weighted by atomic mass is 10.0. The summed E-state index contributed by atoms with van der Waals surface area (Å²) in [5, 5.41) is 0. The fourth-order valence-electron chi connectivity index (χ4n) is 2.87. The first-order chi connectivity index (χ1) is 12.6. The summed E-state index contributed by atoms with van der Waals surface area (Å²) >= 11 is 0. The Morgan fingerprint density at radius 2 is 1.58 bits per heavy atom. The topological polar surface area (TPSA) is 26.3 Å². The van der Waals surface area contributed by atoms with Gasteiger partial charge in [0, 0.05) is 6.42 Å². The first-order valence-electron chi connectivity index (χ1n) is 9.54. The molecule has 0 fully saturated rings. The molecule has 0 aliphatic rings. The smallest absolute Gasteiger partial charge is 0.130 e. The first-order valence-corrected chi connectivity index (χ1v) is 9.54. The number of rotatable bonds is 11. The van der Waals surface area contributed by atoms with E-state index in [4.69, 9.17) is 4.74 Å². The number of allylic oxidation sites excluding steroid dienone is 1. The highest BCUT2D eigenvalue weighted by Gasteiger charge is 1.99. The SMILES string of the molecule is CC(=O)CCc1ccc(OCCC=C(C)CCCc2ccccc2)cc1. The van der Waals surface area contributed by atoms with Crippen LogP contribution in [0, 0.1) is 0 Å². The molecule has 0 bridgehead atoms. The Labute approximate surface area is 157 Å². The van der Waals surface area contributed by atoms with Crippen molar-refractivity contribution in [2.75, 3.05) is 6.61 Å². The van der Waals surface area contributed by atoms with Crippen molar-refractivity contribution in [3.05, 3.63) is 77.4 Å². The second kappa shape index (κ2) is 11.3. The Morgan fingerprint density at radius 3 is 2.27 bits per heavy atom. The van der Waals surface area contributed by atoms with E-state index in [-0.39, 0.29) is 5.78 Å². The monoisotopic (exact) mass is 350 g/mol. The number of benzene rings is 2. The van der Waals surface area contributed by atoms with Gasteiger partial charge in [0.15, 0.2) is 0 Å². The fourth-order valence-corrected chi connectivity index (χ4v) is 2.87. The Morgan fingerprint density at radius 1 is 0.885 bits per heavy atom. The molecule has 2 nitrogen and oxygen atoms in total. The molecule has 0 N–H and O–H groups in total. The highest BCUT2D eigenvalue weighted by Crippen LogP contribution is 2.15. The zero-order chi connectivity index (χ0) is 18.6. The van der Waals surface area contributed by atoms with Crippen molar-refractivity contribution < 1.29 is 9.53 Å². The summed E-state index contributed by atoms with van der Waals surface area (Å²) < 4.78 is 5.80. The third-order valence-electron chi connectivity index (χ3n) is 4.45. The van der Waals surface area contributed by atoms with Crippen LogP contribution in [0.4, 0.5) is 0 Å². The van der Waals surface area contributed by atoms with Crippen LogP contribution in [0.1, 0.15) is 50.7 Å². The number of aryl methyl sites for hydroxylation is 2. The number of Topliss-reactive ketones (excluding diaryl/α,β-unsaturated/α-hetero) is 1. The molecule has 2 heteroatoms. The average Bonchev–Trinajstić information content (AvgIpc) is 2.65. The molecule has 26 heavy (non-hydrogen) atoms. The van der Waals surface area contributed by atoms with E-state index in [2.05, 4.69) is 43.3 Å². The molecule has 0 saturated carbocycles. The number of carbonyl (C=O) groups is 1. The maximum Gasteiger partial charge on any atom is 0.130 e. The van der Waals surface area contributed by atoms with E-state index >= 15 is 0 Å². The maximum absolute atomic E-state index is 11.0. The number of carbonyl (C=O) groups excluding carboxylic acids is 1. The second-order valence-corrected chi connectivity index (χ2v) is 6.87. The average molecular weight is 351 g/mol. The van der Waals surface area contributed by atoms with Crippen LogP contribution in [0.15, 0.2) is 66.2 Å². The minimum atomic E-state index is 0.233. The lowest BCUT2D eigenvalue weighted by Gasteiger charge is -2.07. The number of ketones is 1. The number of hydrogen-bond donors (Lipinski definition) is 0. The molecule has 138 valence electrons. The van der Waals surface area contributed by atoms with Crippen LogP contribution < -0.4 is 4.74 Å². The molecule has 0 spiro atoms. The summed E-state index contributed by atoms with van der Waals surface area (Å²) in [5.41, 5.74) is 4.03. The summed E-state index contributed by atoms with van der Waals surface area (Å²) in [6, 6.07) is 18.7. The molecule has 2 aromatic rings. The van der Waals surface area contributed by atoms with Crippen molar-refractivity contribution in [1.29, 1.82) is 0 Å². The van der Waals surface area contributed by atoms with Gasteiger partial charge in [-0.3, -0.25) is 0 Å². The Balaban J connectivity index is 1.62. The van der Waals surface area contributed by atoms with Crippen molar-refractivity contribution in [1.82, 2.24) is 0 Å². The molecule has 0 aromatic heterocycles. The van der Waals surface area contributed by atoms with Gasteiger partial charge in [-0.25, -0.2) is 0 Å². The van der Waals surface area contributed by atoms with Gasteiger partial charge in [0.1, 0.15) is 11.5 Å². The molecule has 2 rings (SSSR count). The van der Waals surface area contributed by atoms with E-state index in [9.17, 15) is 4.79 Å². The third-order valence-corrected chi connectivity index (χ3v) is 4.45. The fraction of sp³-hybridized carbons (Fsp3) is 0.375.